The number of hydrogen-bond acceptors (Lipinski definition) is 5. The molecular weight excluding hydrogens is 372 g/mol. The first kappa shape index (κ1) is 20.9. The van der Waals surface area contributed by atoms with E-state index in [0.717, 1.165) is 12.0 Å². The van der Waals surface area contributed by atoms with Crippen LogP contribution in [0.2, 0.25) is 19.6 Å². The smallest absolute Gasteiger partial charge is 0.191 e. The van der Waals surface area contributed by atoms with Gasteiger partial charge in [-0.1, -0.05) is 37.7 Å². The van der Waals surface area contributed by atoms with Crippen molar-refractivity contribution in [2.24, 2.45) is 0 Å². The fourth-order valence-electron chi connectivity index (χ4n) is 3.26. The number of ether oxygens (including phenoxy) is 5. The van der Waals surface area contributed by atoms with Crippen molar-refractivity contribution in [3.8, 4) is 23.0 Å². The highest BCUT2D eigenvalue weighted by Crippen LogP contribution is 2.43. The Labute approximate surface area is 169 Å². The molecule has 0 bridgehead atoms. The van der Waals surface area contributed by atoms with E-state index in [-0.39, 0.29) is 12.9 Å². The Morgan fingerprint density at radius 2 is 1.96 bits per heavy atom. The van der Waals surface area contributed by atoms with Gasteiger partial charge in [0.05, 0.1) is 6.61 Å². The summed E-state index contributed by atoms with van der Waals surface area (Å²) in [5.74, 6) is 4.12. The molecule has 2 atom stereocenters. The fraction of sp³-hybridized carbons (Fsp3) is 0.545. The number of methoxy groups -OCH3 is 1. The summed E-state index contributed by atoms with van der Waals surface area (Å²) in [6.07, 6.45) is 2.74. The molecule has 1 aromatic carbocycles. The van der Waals surface area contributed by atoms with Crippen LogP contribution in [-0.2, 0) is 14.2 Å². The lowest BCUT2D eigenvalue weighted by Gasteiger charge is -2.46. The first-order valence-electron chi connectivity index (χ1n) is 9.60. The average Bonchev–Trinajstić information content (AvgIpc) is 2.94. The second-order valence-electron chi connectivity index (χ2n) is 8.67. The second-order valence-corrected chi connectivity index (χ2v) is 13.4. The Balaban J connectivity index is 1.92. The van der Waals surface area contributed by atoms with Crippen LogP contribution in [0, 0.1) is 11.5 Å². The van der Waals surface area contributed by atoms with Crippen molar-refractivity contribution in [1.82, 2.24) is 0 Å². The summed E-state index contributed by atoms with van der Waals surface area (Å²) in [5.41, 5.74) is 3.65. The molecule has 0 N–H and O–H groups in total. The lowest BCUT2D eigenvalue weighted by molar-refractivity contribution is -0.314. The van der Waals surface area contributed by atoms with Crippen molar-refractivity contribution in [2.75, 3.05) is 20.5 Å². The van der Waals surface area contributed by atoms with Crippen LogP contribution >= 0.6 is 0 Å². The second kappa shape index (κ2) is 7.92. The lowest BCUT2D eigenvalue weighted by atomic mass is 9.92. The van der Waals surface area contributed by atoms with Gasteiger partial charge in [0.15, 0.2) is 18.2 Å². The first-order chi connectivity index (χ1) is 13.1. The van der Waals surface area contributed by atoms with Gasteiger partial charge in [0.1, 0.15) is 25.7 Å². The zero-order valence-electron chi connectivity index (χ0n) is 17.6. The summed E-state index contributed by atoms with van der Waals surface area (Å²) in [6.45, 7) is 11.1. The highest BCUT2D eigenvalue weighted by atomic mass is 28.3. The van der Waals surface area contributed by atoms with Crippen LogP contribution in [-0.4, -0.2) is 46.1 Å². The molecule has 0 radical (unpaired) electrons. The zero-order chi connectivity index (χ0) is 20.4. The molecule has 1 saturated heterocycles. The first-order valence-corrected chi connectivity index (χ1v) is 13.1. The third-order valence-electron chi connectivity index (χ3n) is 4.59. The van der Waals surface area contributed by atoms with Crippen LogP contribution < -0.4 is 9.47 Å². The van der Waals surface area contributed by atoms with Crippen LogP contribution in [0.15, 0.2) is 35.9 Å². The molecule has 2 aliphatic rings. The topological polar surface area (TPSA) is 46.2 Å². The maximum Gasteiger partial charge on any atom is 0.191 e. The van der Waals surface area contributed by atoms with Gasteiger partial charge in [-0.3, -0.25) is 0 Å². The molecule has 0 amide bonds. The Morgan fingerprint density at radius 3 is 2.68 bits per heavy atom. The molecule has 3 rings (SSSR count). The number of hydrogen-bond donors (Lipinski definition) is 0. The molecule has 28 heavy (non-hydrogen) atoms. The van der Waals surface area contributed by atoms with Crippen LogP contribution in [0.5, 0.6) is 11.5 Å². The molecule has 5 nitrogen and oxygen atoms in total. The van der Waals surface area contributed by atoms with Gasteiger partial charge in [0.2, 0.25) is 0 Å². The van der Waals surface area contributed by atoms with Crippen molar-refractivity contribution in [3.63, 3.8) is 0 Å². The van der Waals surface area contributed by atoms with Crippen LogP contribution in [0.4, 0.5) is 0 Å². The summed E-state index contributed by atoms with van der Waals surface area (Å²) in [7, 11) is 0.0609. The van der Waals surface area contributed by atoms with Crippen molar-refractivity contribution >= 4 is 8.07 Å². The maximum absolute atomic E-state index is 6.53. The van der Waals surface area contributed by atoms with Gasteiger partial charge in [-0.15, -0.1) is 5.54 Å². The monoisotopic (exact) mass is 402 g/mol. The van der Waals surface area contributed by atoms with Gasteiger partial charge in [0.25, 0.3) is 0 Å². The number of benzene rings is 1. The molecule has 1 aromatic rings. The molecule has 1 heterocycles. The molecular formula is C22H30O5Si. The average molecular weight is 403 g/mol. The molecule has 0 saturated carbocycles. The summed E-state index contributed by atoms with van der Waals surface area (Å²) in [6, 6.07) is 7.53. The molecule has 1 aliphatic heterocycles. The van der Waals surface area contributed by atoms with E-state index in [1.807, 2.05) is 38.1 Å². The van der Waals surface area contributed by atoms with E-state index in [4.69, 9.17) is 23.7 Å². The summed E-state index contributed by atoms with van der Waals surface area (Å²) in [5, 5.41) is 0. The predicted molar refractivity (Wildman–Crippen MR) is 111 cm³/mol. The van der Waals surface area contributed by atoms with Gasteiger partial charge in [-0.25, -0.2) is 0 Å². The summed E-state index contributed by atoms with van der Waals surface area (Å²) >= 11 is 0. The molecule has 0 aromatic heterocycles. The third kappa shape index (κ3) is 4.79. The standard InChI is InChI=1S/C22H30O5Si/c1-21(2)25-15-22(26-19-9-7-8-18(14-19)24-16-23-3)17(10-11-20(22)27-21)12-13-28(4,5)6/h7-10,14,20H,11,15-16H2,1-6H3/t20-,22-/m0/s1. The molecule has 6 heteroatoms. The highest BCUT2D eigenvalue weighted by molar-refractivity contribution is 6.83. The van der Waals surface area contributed by atoms with Crippen LogP contribution in [0.3, 0.4) is 0 Å². The minimum absolute atomic E-state index is 0.147. The number of fused-ring (bicyclic) bond motifs is 1. The van der Waals surface area contributed by atoms with E-state index >= 15 is 0 Å². The van der Waals surface area contributed by atoms with Crippen LogP contribution in [0.1, 0.15) is 20.3 Å². The van der Waals surface area contributed by atoms with E-state index < -0.39 is 19.5 Å². The van der Waals surface area contributed by atoms with E-state index in [0.29, 0.717) is 18.1 Å². The predicted octanol–water partition coefficient (Wildman–Crippen LogP) is 4.15. The lowest BCUT2D eigenvalue weighted by Crippen LogP contribution is -2.59. The van der Waals surface area contributed by atoms with E-state index in [1.54, 1.807) is 7.11 Å². The van der Waals surface area contributed by atoms with Gasteiger partial charge >= 0.3 is 0 Å². The molecule has 1 aliphatic carbocycles. The molecule has 1 fully saturated rings. The Hall–Kier alpha value is -1.78. The normalized spacial score (nSPS) is 25.9. The van der Waals surface area contributed by atoms with E-state index in [9.17, 15) is 0 Å². The van der Waals surface area contributed by atoms with E-state index in [1.165, 1.54) is 0 Å². The highest BCUT2D eigenvalue weighted by Gasteiger charge is 2.55. The maximum atomic E-state index is 6.53. The minimum Gasteiger partial charge on any atom is -0.477 e. The summed E-state index contributed by atoms with van der Waals surface area (Å²) < 4.78 is 29.3. The zero-order valence-corrected chi connectivity index (χ0v) is 18.6. The van der Waals surface area contributed by atoms with Crippen molar-refractivity contribution in [3.05, 3.63) is 35.9 Å². The Kier molecular flexibility index (Phi) is 5.92. The summed E-state index contributed by atoms with van der Waals surface area (Å²) in [4.78, 5) is 0. The van der Waals surface area contributed by atoms with Gasteiger partial charge < -0.3 is 23.7 Å². The SMILES string of the molecule is COCOc1cccc(O[C@]23COC(C)(C)O[C@H]2CC=C3C#C[Si](C)(C)C)c1. The third-order valence-corrected chi connectivity index (χ3v) is 5.47. The van der Waals surface area contributed by atoms with Gasteiger partial charge in [0, 0.05) is 18.7 Å². The van der Waals surface area contributed by atoms with E-state index in [2.05, 4.69) is 37.2 Å². The number of rotatable bonds is 5. The van der Waals surface area contributed by atoms with Crippen molar-refractivity contribution in [1.29, 1.82) is 0 Å². The van der Waals surface area contributed by atoms with Crippen molar-refractivity contribution in [2.45, 2.75) is 57.4 Å². The van der Waals surface area contributed by atoms with Gasteiger partial charge in [-0.2, -0.15) is 0 Å². The molecule has 0 unspecified atom stereocenters. The Morgan fingerprint density at radius 1 is 1.21 bits per heavy atom. The largest absolute Gasteiger partial charge is 0.477 e. The molecule has 0 spiro atoms. The fourth-order valence-corrected chi connectivity index (χ4v) is 3.77. The quantitative estimate of drug-likeness (QED) is 0.421. The van der Waals surface area contributed by atoms with Crippen molar-refractivity contribution < 1.29 is 23.7 Å². The van der Waals surface area contributed by atoms with Crippen LogP contribution in [0.25, 0.3) is 0 Å². The van der Waals surface area contributed by atoms with Gasteiger partial charge in [-0.05, 0) is 32.4 Å². The minimum atomic E-state index is -1.53. The molecule has 152 valence electrons. The Bertz CT molecular complexity index is 799.